The van der Waals surface area contributed by atoms with Gasteiger partial charge in [0.1, 0.15) is 5.82 Å². The Bertz CT molecular complexity index is 845. The van der Waals surface area contributed by atoms with Gasteiger partial charge in [0, 0.05) is 50.1 Å². The van der Waals surface area contributed by atoms with Crippen LogP contribution in [0.4, 0.5) is 4.39 Å². The Morgan fingerprint density at radius 1 is 1.45 bits per heavy atom. The van der Waals surface area contributed by atoms with E-state index in [0.717, 1.165) is 5.56 Å². The second-order valence-corrected chi connectivity index (χ2v) is 7.37. The number of nitrogens with zero attached hydrogens (tertiary/aromatic N) is 4. The van der Waals surface area contributed by atoms with Gasteiger partial charge in [-0.15, -0.1) is 0 Å². The highest BCUT2D eigenvalue weighted by atomic mass is 35.5. The predicted octanol–water partition coefficient (Wildman–Crippen LogP) is 1.91. The molecule has 1 aliphatic heterocycles. The molecule has 7 nitrogen and oxygen atoms in total. The first-order valence-electron chi connectivity index (χ1n) is 9.68. The lowest BCUT2D eigenvalue weighted by atomic mass is 10.1. The summed E-state index contributed by atoms with van der Waals surface area (Å²) in [6, 6.07) is 5.47. The quantitative estimate of drug-likeness (QED) is 0.707. The van der Waals surface area contributed by atoms with Gasteiger partial charge < -0.3 is 10.2 Å². The molecule has 0 unspecified atom stereocenters. The van der Waals surface area contributed by atoms with Gasteiger partial charge in [-0.3, -0.25) is 19.2 Å². The van der Waals surface area contributed by atoms with Crippen molar-refractivity contribution < 1.29 is 14.0 Å². The van der Waals surface area contributed by atoms with Crippen molar-refractivity contribution in [1.82, 2.24) is 24.9 Å². The zero-order valence-corrected chi connectivity index (χ0v) is 17.1. The van der Waals surface area contributed by atoms with Crippen LogP contribution < -0.4 is 5.32 Å². The monoisotopic (exact) mass is 421 g/mol. The Labute approximate surface area is 174 Å². The smallest absolute Gasteiger partial charge is 0.237 e. The van der Waals surface area contributed by atoms with Crippen LogP contribution in [0.25, 0.3) is 0 Å². The van der Waals surface area contributed by atoms with Crippen LogP contribution >= 0.6 is 11.6 Å². The largest absolute Gasteiger partial charge is 0.353 e. The molecule has 9 heteroatoms. The number of amides is 2. The van der Waals surface area contributed by atoms with Crippen LogP contribution in [-0.2, 0) is 22.7 Å². The van der Waals surface area contributed by atoms with Crippen LogP contribution in [0, 0.1) is 5.82 Å². The SMILES string of the molecule is CCN(CCn1cccn1)C(=O)C[C@@H]1C(=O)NCCN1Cc1ccc(F)cc1Cl. The van der Waals surface area contributed by atoms with E-state index in [-0.39, 0.29) is 18.2 Å². The third-order valence-electron chi connectivity index (χ3n) is 5.09. The number of hydrogen-bond donors (Lipinski definition) is 1. The summed E-state index contributed by atoms with van der Waals surface area (Å²) in [6.45, 7) is 5.06. The average Bonchev–Trinajstić information content (AvgIpc) is 3.20. The van der Waals surface area contributed by atoms with E-state index in [4.69, 9.17) is 11.6 Å². The number of halogens is 2. The molecule has 3 rings (SSSR count). The number of hydrogen-bond acceptors (Lipinski definition) is 4. The maximum atomic E-state index is 13.3. The molecule has 0 aliphatic carbocycles. The van der Waals surface area contributed by atoms with Gasteiger partial charge in [0.05, 0.1) is 19.0 Å². The van der Waals surface area contributed by atoms with Crippen LogP contribution in [0.15, 0.2) is 36.7 Å². The topological polar surface area (TPSA) is 70.5 Å². The maximum absolute atomic E-state index is 13.3. The number of piperazine rings is 1. The molecule has 2 aromatic rings. The molecule has 1 N–H and O–H groups in total. The summed E-state index contributed by atoms with van der Waals surface area (Å²) in [5.41, 5.74) is 0.728. The van der Waals surface area contributed by atoms with E-state index >= 15 is 0 Å². The molecule has 29 heavy (non-hydrogen) atoms. The Morgan fingerprint density at radius 2 is 2.28 bits per heavy atom. The molecule has 2 amide bonds. The van der Waals surface area contributed by atoms with Crippen molar-refractivity contribution in [2.75, 3.05) is 26.2 Å². The van der Waals surface area contributed by atoms with Crippen molar-refractivity contribution in [1.29, 1.82) is 0 Å². The molecule has 1 aliphatic rings. The van der Waals surface area contributed by atoms with Gasteiger partial charge in [-0.05, 0) is 30.7 Å². The molecule has 1 aromatic carbocycles. The number of likely N-dealkylation sites (N-methyl/N-ethyl adjacent to an activating group) is 1. The second kappa shape index (κ2) is 9.84. The molecule has 156 valence electrons. The van der Waals surface area contributed by atoms with Gasteiger partial charge in [0.15, 0.2) is 0 Å². The standard InChI is InChI=1S/C20H25ClFN5O2/c1-2-25(10-11-27-8-3-6-24-27)19(28)13-18-20(29)23-7-9-26(18)14-15-4-5-16(22)12-17(15)21/h3-6,8,12,18H,2,7,9-11,13-14H2,1H3,(H,23,29)/t18-/m1/s1. The second-order valence-electron chi connectivity index (χ2n) is 6.96. The molecule has 0 spiro atoms. The Balaban J connectivity index is 1.66. The number of aromatic nitrogens is 2. The Hall–Kier alpha value is -2.45. The maximum Gasteiger partial charge on any atom is 0.237 e. The lowest BCUT2D eigenvalue weighted by Crippen LogP contribution is -2.56. The van der Waals surface area contributed by atoms with Crippen molar-refractivity contribution in [3.8, 4) is 0 Å². The molecule has 1 saturated heterocycles. The van der Waals surface area contributed by atoms with Gasteiger partial charge in [0.25, 0.3) is 0 Å². The summed E-state index contributed by atoms with van der Waals surface area (Å²) < 4.78 is 15.1. The van der Waals surface area contributed by atoms with Crippen molar-refractivity contribution in [2.24, 2.45) is 0 Å². The first-order valence-corrected chi connectivity index (χ1v) is 10.1. The van der Waals surface area contributed by atoms with E-state index in [1.165, 1.54) is 12.1 Å². The van der Waals surface area contributed by atoms with Gasteiger partial charge in [-0.25, -0.2) is 4.39 Å². The minimum Gasteiger partial charge on any atom is -0.353 e. The number of benzene rings is 1. The number of rotatable bonds is 8. The number of carbonyl (C=O) groups excluding carboxylic acids is 2. The molecule has 1 aromatic heterocycles. The first-order chi connectivity index (χ1) is 14.0. The normalized spacial score (nSPS) is 17.2. The van der Waals surface area contributed by atoms with E-state index in [1.54, 1.807) is 21.8 Å². The van der Waals surface area contributed by atoms with Crippen LogP contribution in [0.1, 0.15) is 18.9 Å². The fourth-order valence-corrected chi connectivity index (χ4v) is 3.68. The van der Waals surface area contributed by atoms with Crippen molar-refractivity contribution >= 4 is 23.4 Å². The molecular formula is C20H25ClFN5O2. The zero-order chi connectivity index (χ0) is 20.8. The molecule has 0 bridgehead atoms. The van der Waals surface area contributed by atoms with Gasteiger partial charge >= 0.3 is 0 Å². The summed E-state index contributed by atoms with van der Waals surface area (Å²) in [4.78, 5) is 29.0. The molecule has 1 atom stereocenters. The van der Waals surface area contributed by atoms with Gasteiger partial charge in [-0.2, -0.15) is 5.10 Å². The van der Waals surface area contributed by atoms with E-state index in [9.17, 15) is 14.0 Å². The highest BCUT2D eigenvalue weighted by molar-refractivity contribution is 6.31. The fourth-order valence-electron chi connectivity index (χ4n) is 3.45. The lowest BCUT2D eigenvalue weighted by Gasteiger charge is -2.36. The van der Waals surface area contributed by atoms with Crippen LogP contribution in [0.3, 0.4) is 0 Å². The van der Waals surface area contributed by atoms with E-state index < -0.39 is 11.9 Å². The number of carbonyl (C=O) groups is 2. The van der Waals surface area contributed by atoms with Crippen LogP contribution in [0.2, 0.25) is 5.02 Å². The average molecular weight is 422 g/mol. The fraction of sp³-hybridized carbons (Fsp3) is 0.450. The highest BCUT2D eigenvalue weighted by Crippen LogP contribution is 2.22. The molecule has 2 heterocycles. The van der Waals surface area contributed by atoms with Crippen LogP contribution in [-0.4, -0.2) is 63.6 Å². The van der Waals surface area contributed by atoms with E-state index in [2.05, 4.69) is 10.4 Å². The molecule has 0 saturated carbocycles. The summed E-state index contributed by atoms with van der Waals surface area (Å²) >= 11 is 6.15. The van der Waals surface area contributed by atoms with Crippen LogP contribution in [0.5, 0.6) is 0 Å². The van der Waals surface area contributed by atoms with E-state index in [0.29, 0.717) is 44.3 Å². The number of nitrogens with one attached hydrogen (secondary N) is 1. The van der Waals surface area contributed by atoms with E-state index in [1.807, 2.05) is 24.1 Å². The Morgan fingerprint density at radius 3 is 2.97 bits per heavy atom. The molecule has 1 fully saturated rings. The zero-order valence-electron chi connectivity index (χ0n) is 16.4. The van der Waals surface area contributed by atoms with Crippen molar-refractivity contribution in [3.05, 3.63) is 53.1 Å². The minimum absolute atomic E-state index is 0.0809. The van der Waals surface area contributed by atoms with Gasteiger partial charge in [-0.1, -0.05) is 17.7 Å². The third kappa shape index (κ3) is 5.55. The summed E-state index contributed by atoms with van der Waals surface area (Å²) in [5.74, 6) is -0.666. The first kappa shape index (κ1) is 21.3. The third-order valence-corrected chi connectivity index (χ3v) is 5.44. The Kier molecular flexibility index (Phi) is 7.22. The minimum atomic E-state index is -0.587. The lowest BCUT2D eigenvalue weighted by molar-refractivity contribution is -0.139. The summed E-state index contributed by atoms with van der Waals surface area (Å²) in [5, 5.41) is 7.30. The van der Waals surface area contributed by atoms with Gasteiger partial charge in [0.2, 0.25) is 11.8 Å². The van der Waals surface area contributed by atoms with Crippen molar-refractivity contribution in [3.63, 3.8) is 0 Å². The van der Waals surface area contributed by atoms with Crippen molar-refractivity contribution in [2.45, 2.75) is 32.5 Å². The summed E-state index contributed by atoms with van der Waals surface area (Å²) in [6.07, 6.45) is 3.63. The molecular weight excluding hydrogens is 397 g/mol. The molecule has 0 radical (unpaired) electrons. The predicted molar refractivity (Wildman–Crippen MR) is 108 cm³/mol. The highest BCUT2D eigenvalue weighted by Gasteiger charge is 2.33. The summed E-state index contributed by atoms with van der Waals surface area (Å²) in [7, 11) is 0.